The van der Waals surface area contributed by atoms with Crippen LogP contribution in [-0.2, 0) is 14.3 Å². The lowest BCUT2D eigenvalue weighted by atomic mass is 9.97. The van der Waals surface area contributed by atoms with Gasteiger partial charge in [0, 0.05) is 11.6 Å². The molecule has 2 atom stereocenters. The molecule has 0 aliphatic carbocycles. The number of rotatable bonds is 7. The number of primary amides is 1. The Bertz CT molecular complexity index is 587. The number of ether oxygens (including phenoxy) is 1. The molecule has 0 aromatic heterocycles. The fourth-order valence-corrected chi connectivity index (χ4v) is 2.00. The molecule has 1 aromatic carbocycles. The summed E-state index contributed by atoms with van der Waals surface area (Å²) in [6.45, 7) is 3.34. The molecule has 0 unspecified atom stereocenters. The van der Waals surface area contributed by atoms with Gasteiger partial charge in [-0.1, -0.05) is 6.92 Å². The van der Waals surface area contributed by atoms with Crippen LogP contribution in [0.1, 0.15) is 30.6 Å². The Balaban J connectivity index is 2.84. The first-order valence-corrected chi connectivity index (χ1v) is 6.96. The van der Waals surface area contributed by atoms with Gasteiger partial charge in [-0.3, -0.25) is 14.4 Å². The van der Waals surface area contributed by atoms with Gasteiger partial charge in [0.05, 0.1) is 13.0 Å². The van der Waals surface area contributed by atoms with E-state index in [-0.39, 0.29) is 18.6 Å². The third kappa shape index (κ3) is 5.65. The van der Waals surface area contributed by atoms with Crippen molar-refractivity contribution in [3.63, 3.8) is 0 Å². The number of hydrogen-bond acceptors (Lipinski definition) is 4. The van der Waals surface area contributed by atoms with Gasteiger partial charge in [0.1, 0.15) is 17.7 Å². The molecule has 6 nitrogen and oxygen atoms in total. The summed E-state index contributed by atoms with van der Waals surface area (Å²) in [7, 11) is 0. The molecule has 8 heteroatoms. The van der Waals surface area contributed by atoms with Gasteiger partial charge < -0.3 is 15.8 Å². The first-order chi connectivity index (χ1) is 10.7. The summed E-state index contributed by atoms with van der Waals surface area (Å²) in [6, 6.07) is 1.09. The Labute approximate surface area is 132 Å². The lowest BCUT2D eigenvalue weighted by Gasteiger charge is -2.21. The molecular weight excluding hydrogens is 310 g/mol. The number of carbonyl (C=O) groups is 3. The van der Waals surface area contributed by atoms with Gasteiger partial charge in [0.25, 0.3) is 5.91 Å². The van der Waals surface area contributed by atoms with Crippen LogP contribution in [0.5, 0.6) is 0 Å². The Hall–Kier alpha value is -2.51. The van der Waals surface area contributed by atoms with Gasteiger partial charge in [-0.05, 0) is 25.0 Å². The largest absolute Gasteiger partial charge is 0.466 e. The van der Waals surface area contributed by atoms with Gasteiger partial charge in [-0.15, -0.1) is 0 Å². The van der Waals surface area contributed by atoms with Crippen LogP contribution in [0.25, 0.3) is 0 Å². The third-order valence-corrected chi connectivity index (χ3v) is 3.08. The zero-order valence-corrected chi connectivity index (χ0v) is 12.8. The molecule has 3 N–H and O–H groups in total. The minimum Gasteiger partial charge on any atom is -0.466 e. The molecule has 0 bridgehead atoms. The van der Waals surface area contributed by atoms with Crippen molar-refractivity contribution in [1.82, 2.24) is 5.32 Å². The van der Waals surface area contributed by atoms with Crippen LogP contribution in [0, 0.1) is 17.6 Å². The Morgan fingerprint density at radius 3 is 2.26 bits per heavy atom. The fraction of sp³-hybridized carbons (Fsp3) is 0.400. The van der Waals surface area contributed by atoms with Crippen molar-refractivity contribution >= 4 is 17.8 Å². The average molecular weight is 328 g/mol. The number of benzene rings is 1. The van der Waals surface area contributed by atoms with E-state index in [1.165, 1.54) is 6.92 Å². The standard InChI is InChI=1S/C15H18F2N2O4/c1-3-23-12(20)4-8(2)13(14(18)21)19-15(22)9-5-10(16)7-11(17)6-9/h5-8,13H,3-4H2,1-2H3,(H2,18,21)(H,19,22)/t8-,13+/m1/s1. The third-order valence-electron chi connectivity index (χ3n) is 3.08. The second-order valence-corrected chi connectivity index (χ2v) is 5.00. The highest BCUT2D eigenvalue weighted by Gasteiger charge is 2.27. The Kier molecular flexibility index (Phi) is 6.62. The summed E-state index contributed by atoms with van der Waals surface area (Å²) in [5.74, 6) is -4.78. The van der Waals surface area contributed by atoms with Gasteiger partial charge in [-0.2, -0.15) is 0 Å². The second kappa shape index (κ2) is 8.21. The average Bonchev–Trinajstić information content (AvgIpc) is 2.42. The fourth-order valence-electron chi connectivity index (χ4n) is 2.00. The maximum absolute atomic E-state index is 13.1. The van der Waals surface area contributed by atoms with E-state index >= 15 is 0 Å². The number of nitrogens with two attached hydrogens (primary N) is 1. The van der Waals surface area contributed by atoms with E-state index in [9.17, 15) is 23.2 Å². The van der Waals surface area contributed by atoms with Gasteiger partial charge in [-0.25, -0.2) is 8.78 Å². The zero-order chi connectivity index (χ0) is 17.6. The molecule has 0 fully saturated rings. The van der Waals surface area contributed by atoms with Crippen molar-refractivity contribution in [2.24, 2.45) is 11.7 Å². The van der Waals surface area contributed by atoms with Crippen LogP contribution in [0.2, 0.25) is 0 Å². The lowest BCUT2D eigenvalue weighted by Crippen LogP contribution is -2.49. The van der Waals surface area contributed by atoms with E-state index in [4.69, 9.17) is 10.5 Å². The van der Waals surface area contributed by atoms with Crippen molar-refractivity contribution in [3.8, 4) is 0 Å². The smallest absolute Gasteiger partial charge is 0.306 e. The van der Waals surface area contributed by atoms with E-state index in [1.54, 1.807) is 6.92 Å². The number of hydrogen-bond donors (Lipinski definition) is 2. The minimum atomic E-state index is -1.18. The second-order valence-electron chi connectivity index (χ2n) is 5.00. The minimum absolute atomic E-state index is 0.140. The molecule has 0 saturated heterocycles. The molecule has 0 aliphatic heterocycles. The van der Waals surface area contributed by atoms with Crippen molar-refractivity contribution in [3.05, 3.63) is 35.4 Å². The number of amides is 2. The van der Waals surface area contributed by atoms with Crippen molar-refractivity contribution in [2.75, 3.05) is 6.61 Å². The van der Waals surface area contributed by atoms with Crippen LogP contribution in [0.3, 0.4) is 0 Å². The first kappa shape index (κ1) is 18.5. The molecule has 1 aromatic rings. The van der Waals surface area contributed by atoms with E-state index in [2.05, 4.69) is 5.32 Å². The summed E-state index contributed by atoms with van der Waals surface area (Å²) < 4.78 is 31.0. The predicted molar refractivity (Wildman–Crippen MR) is 77.2 cm³/mol. The molecule has 126 valence electrons. The molecule has 0 spiro atoms. The highest BCUT2D eigenvalue weighted by atomic mass is 19.1. The maximum Gasteiger partial charge on any atom is 0.306 e. The summed E-state index contributed by atoms with van der Waals surface area (Å²) in [4.78, 5) is 34.9. The van der Waals surface area contributed by atoms with Crippen molar-refractivity contribution < 1.29 is 27.9 Å². The monoisotopic (exact) mass is 328 g/mol. The number of esters is 1. The molecule has 0 radical (unpaired) electrons. The summed E-state index contributed by atoms with van der Waals surface area (Å²) in [5, 5.41) is 2.28. The highest BCUT2D eigenvalue weighted by molar-refractivity contribution is 5.97. The molecule has 23 heavy (non-hydrogen) atoms. The van der Waals surface area contributed by atoms with Crippen LogP contribution in [0.15, 0.2) is 18.2 Å². The first-order valence-electron chi connectivity index (χ1n) is 6.96. The van der Waals surface area contributed by atoms with E-state index in [1.807, 2.05) is 0 Å². The van der Waals surface area contributed by atoms with E-state index in [0.29, 0.717) is 6.07 Å². The van der Waals surface area contributed by atoms with E-state index < -0.39 is 41.4 Å². The molecule has 2 amide bonds. The van der Waals surface area contributed by atoms with Crippen LogP contribution < -0.4 is 11.1 Å². The van der Waals surface area contributed by atoms with Crippen molar-refractivity contribution in [2.45, 2.75) is 26.3 Å². The number of carbonyl (C=O) groups excluding carboxylic acids is 3. The molecular formula is C15H18F2N2O4. The Morgan fingerprint density at radius 1 is 1.22 bits per heavy atom. The molecule has 1 rings (SSSR count). The van der Waals surface area contributed by atoms with Gasteiger partial charge in [0.2, 0.25) is 5.91 Å². The summed E-state index contributed by atoms with van der Waals surface area (Å²) in [5.41, 5.74) is 4.93. The van der Waals surface area contributed by atoms with Gasteiger partial charge in [0.15, 0.2) is 0 Å². The topological polar surface area (TPSA) is 98.5 Å². The summed E-state index contributed by atoms with van der Waals surface area (Å²) in [6.07, 6.45) is -0.140. The lowest BCUT2D eigenvalue weighted by molar-refractivity contribution is -0.144. The van der Waals surface area contributed by atoms with Crippen molar-refractivity contribution in [1.29, 1.82) is 0 Å². The SMILES string of the molecule is CCOC(=O)C[C@@H](C)[C@H](NC(=O)c1cc(F)cc(F)c1)C(N)=O. The Morgan fingerprint density at radius 2 is 1.78 bits per heavy atom. The zero-order valence-electron chi connectivity index (χ0n) is 12.8. The quantitative estimate of drug-likeness (QED) is 0.733. The maximum atomic E-state index is 13.1. The van der Waals surface area contributed by atoms with Gasteiger partial charge >= 0.3 is 5.97 Å². The molecule has 0 saturated carbocycles. The molecule has 0 aliphatic rings. The van der Waals surface area contributed by atoms with Crippen LogP contribution in [-0.4, -0.2) is 30.4 Å². The van der Waals surface area contributed by atoms with Crippen LogP contribution >= 0.6 is 0 Å². The number of halogens is 2. The normalized spacial score (nSPS) is 13.0. The number of nitrogens with one attached hydrogen (secondary N) is 1. The van der Waals surface area contributed by atoms with Crippen LogP contribution in [0.4, 0.5) is 8.78 Å². The summed E-state index contributed by atoms with van der Waals surface area (Å²) >= 11 is 0. The predicted octanol–water partition coefficient (Wildman–Crippen LogP) is 1.14. The highest BCUT2D eigenvalue weighted by Crippen LogP contribution is 2.12. The van der Waals surface area contributed by atoms with E-state index in [0.717, 1.165) is 12.1 Å². The molecule has 0 heterocycles.